The average Bonchev–Trinajstić information content (AvgIpc) is 2.78. The zero-order chi connectivity index (χ0) is 28.9. The summed E-state index contributed by atoms with van der Waals surface area (Å²) in [5.41, 5.74) is 0.772. The molecule has 1 heterocycles. The number of nitrogens with one attached hydrogen (secondary N) is 2. The molecule has 0 bridgehead atoms. The molecule has 2 N–H and O–H groups in total. The van der Waals surface area contributed by atoms with Crippen LogP contribution in [0.3, 0.4) is 0 Å². The molecule has 1 aromatic carbocycles. The molecule has 0 aliphatic carbocycles. The Morgan fingerprint density at radius 3 is 1.97 bits per heavy atom. The van der Waals surface area contributed by atoms with Gasteiger partial charge in [-0.3, -0.25) is 4.79 Å². The fraction of sp³-hybridized carbons (Fsp3) is 0.667. The molecular formula is C27H43N4O7-. The van der Waals surface area contributed by atoms with E-state index in [1.165, 1.54) is 6.07 Å². The minimum absolute atomic E-state index is 0.0679. The Balaban J connectivity index is 2.19. The van der Waals surface area contributed by atoms with Crippen molar-refractivity contribution in [3.05, 3.63) is 29.0 Å². The summed E-state index contributed by atoms with van der Waals surface area (Å²) in [6.07, 6.45) is -0.367. The van der Waals surface area contributed by atoms with Crippen molar-refractivity contribution in [1.82, 2.24) is 10.2 Å². The van der Waals surface area contributed by atoms with Gasteiger partial charge in [0.25, 0.3) is 5.91 Å². The van der Waals surface area contributed by atoms with E-state index in [2.05, 4.69) is 5.32 Å². The number of nitrogens with zero attached hydrogens (tertiary/aromatic N) is 2. The number of hydrogen-bond acceptors (Lipinski definition) is 9. The van der Waals surface area contributed by atoms with Gasteiger partial charge in [0, 0.05) is 37.6 Å². The van der Waals surface area contributed by atoms with Crippen LogP contribution in [-0.4, -0.2) is 78.5 Å². The van der Waals surface area contributed by atoms with Gasteiger partial charge in [-0.15, -0.1) is 0 Å². The molecule has 214 valence electrons. The Labute approximate surface area is 225 Å². The molecule has 1 saturated heterocycles. The summed E-state index contributed by atoms with van der Waals surface area (Å²) in [5, 5.41) is 14.3. The number of carbonyl (C=O) groups is 3. The molecule has 2 rings (SSSR count). The highest BCUT2D eigenvalue weighted by atomic mass is 16.6. The van der Waals surface area contributed by atoms with Gasteiger partial charge in [-0.1, -0.05) is 0 Å². The van der Waals surface area contributed by atoms with Crippen molar-refractivity contribution in [3.63, 3.8) is 0 Å². The number of anilines is 2. The Kier molecular flexibility index (Phi) is 10.0. The van der Waals surface area contributed by atoms with Gasteiger partial charge >= 0.3 is 12.1 Å². The maximum Gasteiger partial charge on any atom is 0.410 e. The number of rotatable bonds is 7. The van der Waals surface area contributed by atoms with Gasteiger partial charge in [0.1, 0.15) is 11.2 Å². The standard InChI is InChI=1S/C27H43N4O7/c1-25(2,3)36-17-21(23(33)37-26(4,5)6)28-22(32)19-16-18(10-11-20(19)29-35)30-12-14-31(15-13-30)24(34)38-27(7,8)9/h10-11,16,21,29H,12-15,17H2,1-9H3,(H,28,32)/q-1. The summed E-state index contributed by atoms with van der Waals surface area (Å²) in [6.45, 7) is 18.0. The Morgan fingerprint density at radius 1 is 0.895 bits per heavy atom. The predicted molar refractivity (Wildman–Crippen MR) is 146 cm³/mol. The normalized spacial score (nSPS) is 15.5. The van der Waals surface area contributed by atoms with Crippen LogP contribution in [0.25, 0.3) is 0 Å². The summed E-state index contributed by atoms with van der Waals surface area (Å²) in [4.78, 5) is 42.2. The number of esters is 1. The van der Waals surface area contributed by atoms with Crippen molar-refractivity contribution in [1.29, 1.82) is 0 Å². The topological polar surface area (TPSA) is 132 Å². The van der Waals surface area contributed by atoms with Crippen molar-refractivity contribution in [2.45, 2.75) is 85.2 Å². The van der Waals surface area contributed by atoms with E-state index in [1.54, 1.807) is 43.3 Å². The molecule has 0 aromatic heterocycles. The van der Waals surface area contributed by atoms with Crippen LogP contribution in [0.1, 0.15) is 72.7 Å². The zero-order valence-corrected chi connectivity index (χ0v) is 24.1. The first-order valence-electron chi connectivity index (χ1n) is 12.8. The quantitative estimate of drug-likeness (QED) is 0.394. The third-order valence-corrected chi connectivity index (χ3v) is 5.33. The largest absolute Gasteiger partial charge is 0.761 e. The number of piperazine rings is 1. The zero-order valence-electron chi connectivity index (χ0n) is 24.1. The molecule has 0 saturated carbocycles. The molecule has 1 fully saturated rings. The first-order valence-corrected chi connectivity index (χ1v) is 12.8. The summed E-state index contributed by atoms with van der Waals surface area (Å²) in [6, 6.07) is 3.76. The summed E-state index contributed by atoms with van der Waals surface area (Å²) < 4.78 is 16.7. The SMILES string of the molecule is CC(C)(C)OCC(NC(=O)c1cc(N2CCN(C(=O)OC(C)(C)C)CC2)ccc1N[O-])C(=O)OC(C)(C)C. The lowest BCUT2D eigenvalue weighted by Crippen LogP contribution is -2.50. The molecule has 11 nitrogen and oxygen atoms in total. The van der Waals surface area contributed by atoms with E-state index in [0.29, 0.717) is 31.9 Å². The maximum atomic E-state index is 13.3. The number of hydrogen-bond donors (Lipinski definition) is 2. The molecule has 1 aromatic rings. The van der Waals surface area contributed by atoms with E-state index in [-0.39, 0.29) is 24.0 Å². The minimum atomic E-state index is -1.08. The lowest BCUT2D eigenvalue weighted by Gasteiger charge is -2.37. The van der Waals surface area contributed by atoms with Gasteiger partial charge in [0.2, 0.25) is 0 Å². The molecule has 1 atom stereocenters. The molecule has 2 amide bonds. The molecule has 1 unspecified atom stereocenters. The smallest absolute Gasteiger partial charge is 0.410 e. The highest BCUT2D eigenvalue weighted by Crippen LogP contribution is 2.25. The first-order chi connectivity index (χ1) is 17.4. The molecule has 1 aliphatic heterocycles. The van der Waals surface area contributed by atoms with Gasteiger partial charge in [-0.2, -0.15) is 0 Å². The Hall–Kier alpha value is -3.05. The Morgan fingerprint density at radius 2 is 1.47 bits per heavy atom. The van der Waals surface area contributed by atoms with E-state index in [9.17, 15) is 19.6 Å². The van der Waals surface area contributed by atoms with Gasteiger partial charge in [-0.25, -0.2) is 9.59 Å². The van der Waals surface area contributed by atoms with Crippen LogP contribution in [0.5, 0.6) is 0 Å². The number of benzene rings is 1. The van der Waals surface area contributed by atoms with Crippen molar-refractivity contribution < 1.29 is 28.6 Å². The van der Waals surface area contributed by atoms with Crippen molar-refractivity contribution in [2.24, 2.45) is 0 Å². The summed E-state index contributed by atoms with van der Waals surface area (Å²) >= 11 is 0. The third kappa shape index (κ3) is 10.0. The lowest BCUT2D eigenvalue weighted by molar-refractivity contribution is -0.160. The second kappa shape index (κ2) is 12.2. The van der Waals surface area contributed by atoms with Gasteiger partial charge in [0.05, 0.1) is 17.8 Å². The summed E-state index contributed by atoms with van der Waals surface area (Å²) in [5.74, 6) is -1.26. The number of amides is 2. The van der Waals surface area contributed by atoms with Crippen LogP contribution in [0, 0.1) is 5.21 Å². The maximum absolute atomic E-state index is 13.3. The van der Waals surface area contributed by atoms with E-state index < -0.39 is 34.7 Å². The van der Waals surface area contributed by atoms with Gasteiger partial charge < -0.3 is 40.0 Å². The van der Waals surface area contributed by atoms with Crippen LogP contribution in [0.4, 0.5) is 16.2 Å². The van der Waals surface area contributed by atoms with E-state index in [0.717, 1.165) is 0 Å². The monoisotopic (exact) mass is 535 g/mol. The second-order valence-electron chi connectivity index (χ2n) is 12.3. The van der Waals surface area contributed by atoms with Crippen LogP contribution >= 0.6 is 0 Å². The van der Waals surface area contributed by atoms with Crippen LogP contribution in [-0.2, 0) is 19.0 Å². The van der Waals surface area contributed by atoms with Crippen LogP contribution in [0.15, 0.2) is 18.2 Å². The lowest BCUT2D eigenvalue weighted by atomic mass is 10.1. The van der Waals surface area contributed by atoms with Crippen molar-refractivity contribution in [2.75, 3.05) is 43.2 Å². The average molecular weight is 536 g/mol. The molecule has 0 radical (unpaired) electrons. The third-order valence-electron chi connectivity index (χ3n) is 5.33. The fourth-order valence-electron chi connectivity index (χ4n) is 3.59. The van der Waals surface area contributed by atoms with E-state index >= 15 is 0 Å². The highest BCUT2D eigenvalue weighted by Gasteiger charge is 2.30. The number of carbonyl (C=O) groups excluding carboxylic acids is 3. The highest BCUT2D eigenvalue weighted by molar-refractivity contribution is 6.02. The number of ether oxygens (including phenoxy) is 3. The van der Waals surface area contributed by atoms with Gasteiger partial charge in [-0.05, 0) is 80.5 Å². The van der Waals surface area contributed by atoms with E-state index in [1.807, 2.05) is 46.4 Å². The van der Waals surface area contributed by atoms with Crippen molar-refractivity contribution >= 4 is 29.3 Å². The van der Waals surface area contributed by atoms with Crippen molar-refractivity contribution in [3.8, 4) is 0 Å². The molecule has 0 spiro atoms. The fourth-order valence-corrected chi connectivity index (χ4v) is 3.59. The molecule has 11 heteroatoms. The molecule has 38 heavy (non-hydrogen) atoms. The minimum Gasteiger partial charge on any atom is -0.761 e. The first kappa shape index (κ1) is 31.2. The van der Waals surface area contributed by atoms with Crippen LogP contribution in [0.2, 0.25) is 0 Å². The second-order valence-corrected chi connectivity index (χ2v) is 12.3. The molecule has 1 aliphatic rings. The Bertz CT molecular complexity index is 985. The van der Waals surface area contributed by atoms with Crippen LogP contribution < -0.4 is 15.7 Å². The van der Waals surface area contributed by atoms with Gasteiger partial charge in [0.15, 0.2) is 6.04 Å². The summed E-state index contributed by atoms with van der Waals surface area (Å²) in [7, 11) is 0. The van der Waals surface area contributed by atoms with E-state index in [4.69, 9.17) is 14.2 Å². The predicted octanol–water partition coefficient (Wildman–Crippen LogP) is 3.91. The molecular weight excluding hydrogens is 492 g/mol.